The van der Waals surface area contributed by atoms with Crippen LogP contribution in [0.4, 0.5) is 0 Å². The summed E-state index contributed by atoms with van der Waals surface area (Å²) in [6, 6.07) is 10.5. The van der Waals surface area contributed by atoms with Gasteiger partial charge >= 0.3 is 0 Å². The number of aryl methyl sites for hydroxylation is 2. The van der Waals surface area contributed by atoms with Crippen molar-refractivity contribution in [3.8, 4) is 0 Å². The Morgan fingerprint density at radius 3 is 2.77 bits per heavy atom. The van der Waals surface area contributed by atoms with Crippen LogP contribution in [0.1, 0.15) is 23.4 Å². The minimum atomic E-state index is 0. The van der Waals surface area contributed by atoms with E-state index < -0.39 is 0 Å². The number of rotatable bonds is 6. The first-order valence-corrected chi connectivity index (χ1v) is 10.4. The van der Waals surface area contributed by atoms with Crippen molar-refractivity contribution in [2.45, 2.75) is 26.3 Å². The summed E-state index contributed by atoms with van der Waals surface area (Å²) in [7, 11) is 1.87. The van der Waals surface area contributed by atoms with Gasteiger partial charge < -0.3 is 19.7 Å². The molecule has 0 atom stereocenters. The highest BCUT2D eigenvalue weighted by Gasteiger charge is 2.20. The number of benzene rings is 1. The summed E-state index contributed by atoms with van der Waals surface area (Å²) in [6.07, 6.45) is 4.26. The van der Waals surface area contributed by atoms with Gasteiger partial charge in [0.05, 0.1) is 5.69 Å². The van der Waals surface area contributed by atoms with Crippen LogP contribution in [0, 0.1) is 6.92 Å². The Bertz CT molecular complexity index is 957. The maximum absolute atomic E-state index is 5.17. The molecule has 30 heavy (non-hydrogen) atoms. The third kappa shape index (κ3) is 5.54. The minimum absolute atomic E-state index is 0. The molecule has 0 amide bonds. The van der Waals surface area contributed by atoms with Crippen LogP contribution >= 0.6 is 24.0 Å². The molecule has 2 N–H and O–H groups in total. The molecule has 1 aliphatic heterocycles. The fraction of sp³-hybridized carbons (Fsp3) is 0.455. The molecule has 1 aromatic carbocycles. The lowest BCUT2D eigenvalue weighted by Crippen LogP contribution is -2.52. The summed E-state index contributed by atoms with van der Waals surface area (Å²) in [5.41, 5.74) is 3.61. The zero-order chi connectivity index (χ0) is 20.1. The molecule has 0 saturated carbocycles. The predicted octanol–water partition coefficient (Wildman–Crippen LogP) is 3.41. The van der Waals surface area contributed by atoms with Crippen molar-refractivity contribution >= 4 is 40.8 Å². The van der Waals surface area contributed by atoms with Crippen molar-refractivity contribution in [1.29, 1.82) is 0 Å². The molecular formula is C22H31IN6O. The molecule has 8 heteroatoms. The number of aromatic nitrogens is 2. The molecule has 3 heterocycles. The van der Waals surface area contributed by atoms with Gasteiger partial charge in [-0.25, -0.2) is 0 Å². The largest absolute Gasteiger partial charge is 0.361 e. The number of fused-ring (bicyclic) bond motifs is 1. The van der Waals surface area contributed by atoms with Gasteiger partial charge in [0.2, 0.25) is 0 Å². The van der Waals surface area contributed by atoms with Crippen molar-refractivity contribution in [1.82, 2.24) is 25.3 Å². The van der Waals surface area contributed by atoms with E-state index in [1.165, 1.54) is 16.5 Å². The van der Waals surface area contributed by atoms with Gasteiger partial charge in [0.1, 0.15) is 5.76 Å². The van der Waals surface area contributed by atoms with Crippen LogP contribution in [0.2, 0.25) is 0 Å². The van der Waals surface area contributed by atoms with Gasteiger partial charge in [0.15, 0.2) is 5.96 Å². The minimum Gasteiger partial charge on any atom is -0.361 e. The maximum Gasteiger partial charge on any atom is 0.193 e. The highest BCUT2D eigenvalue weighted by atomic mass is 127. The average Bonchev–Trinajstić information content (AvgIpc) is 3.35. The highest BCUT2D eigenvalue weighted by molar-refractivity contribution is 14.0. The first-order valence-electron chi connectivity index (χ1n) is 10.4. The van der Waals surface area contributed by atoms with Crippen molar-refractivity contribution in [2.75, 3.05) is 39.8 Å². The number of guanidine groups is 1. The Morgan fingerprint density at radius 1 is 1.23 bits per heavy atom. The molecule has 0 bridgehead atoms. The van der Waals surface area contributed by atoms with Crippen LogP contribution in [0.15, 0.2) is 46.0 Å². The molecule has 4 rings (SSSR count). The first-order chi connectivity index (χ1) is 14.2. The van der Waals surface area contributed by atoms with E-state index in [4.69, 9.17) is 4.52 Å². The van der Waals surface area contributed by atoms with E-state index >= 15 is 0 Å². The zero-order valence-corrected chi connectivity index (χ0v) is 20.1. The highest BCUT2D eigenvalue weighted by Crippen LogP contribution is 2.18. The number of para-hydroxylation sites is 1. The fourth-order valence-corrected chi connectivity index (χ4v) is 3.99. The lowest BCUT2D eigenvalue weighted by atomic mass is 10.1. The summed E-state index contributed by atoms with van der Waals surface area (Å²) in [6.45, 7) is 7.65. The Balaban J connectivity index is 0.00000256. The molecule has 162 valence electrons. The predicted molar refractivity (Wildman–Crippen MR) is 131 cm³/mol. The molecule has 7 nitrogen and oxygen atoms in total. The van der Waals surface area contributed by atoms with Crippen LogP contribution in [0.5, 0.6) is 0 Å². The van der Waals surface area contributed by atoms with E-state index in [1.54, 1.807) is 0 Å². The van der Waals surface area contributed by atoms with Crippen molar-refractivity contribution < 1.29 is 4.52 Å². The summed E-state index contributed by atoms with van der Waals surface area (Å²) in [5.74, 6) is 1.87. The van der Waals surface area contributed by atoms with Crippen molar-refractivity contribution in [2.24, 2.45) is 4.99 Å². The van der Waals surface area contributed by atoms with E-state index in [0.29, 0.717) is 0 Å². The van der Waals surface area contributed by atoms with Gasteiger partial charge in [-0.1, -0.05) is 23.4 Å². The van der Waals surface area contributed by atoms with Gasteiger partial charge in [-0.05, 0) is 31.4 Å². The Labute approximate surface area is 194 Å². The Morgan fingerprint density at radius 2 is 2.03 bits per heavy atom. The number of nitrogens with zero attached hydrogens (tertiary/aromatic N) is 4. The number of aliphatic imine (C=N–C) groups is 1. The second-order valence-electron chi connectivity index (χ2n) is 7.63. The van der Waals surface area contributed by atoms with E-state index in [0.717, 1.165) is 69.5 Å². The van der Waals surface area contributed by atoms with Crippen LogP contribution in [-0.4, -0.2) is 65.7 Å². The standard InChI is InChI=1S/C22H30N6O.HI/c1-17-14-19(26-29-17)16-27-10-12-28(13-11-27)22(23-2)24-9-5-6-18-15-25-21-8-4-3-7-20(18)21;/h3-4,7-8,14-15,25H,5-6,9-13,16H2,1-2H3,(H,23,24);1H. The molecule has 0 unspecified atom stereocenters. The lowest BCUT2D eigenvalue weighted by Gasteiger charge is -2.36. The normalized spacial score (nSPS) is 15.4. The van der Waals surface area contributed by atoms with Crippen LogP contribution in [-0.2, 0) is 13.0 Å². The number of hydrogen-bond acceptors (Lipinski definition) is 4. The number of halogens is 1. The third-order valence-electron chi connectivity index (χ3n) is 5.53. The van der Waals surface area contributed by atoms with E-state index in [1.807, 2.05) is 20.0 Å². The van der Waals surface area contributed by atoms with Gasteiger partial charge in [0, 0.05) is 69.5 Å². The molecule has 1 saturated heterocycles. The monoisotopic (exact) mass is 522 g/mol. The van der Waals surface area contributed by atoms with E-state index in [9.17, 15) is 0 Å². The van der Waals surface area contributed by atoms with Gasteiger partial charge in [-0.2, -0.15) is 0 Å². The molecule has 0 aliphatic carbocycles. The number of H-pyrrole nitrogens is 1. The summed E-state index contributed by atoms with van der Waals surface area (Å²) in [5, 5.41) is 8.97. The van der Waals surface area contributed by atoms with E-state index in [2.05, 4.69) is 60.7 Å². The fourth-order valence-electron chi connectivity index (χ4n) is 3.99. The van der Waals surface area contributed by atoms with Crippen LogP contribution < -0.4 is 5.32 Å². The summed E-state index contributed by atoms with van der Waals surface area (Å²) >= 11 is 0. The molecule has 3 aromatic rings. The molecule has 1 aliphatic rings. The van der Waals surface area contributed by atoms with E-state index in [-0.39, 0.29) is 24.0 Å². The van der Waals surface area contributed by atoms with Crippen LogP contribution in [0.3, 0.4) is 0 Å². The summed E-state index contributed by atoms with van der Waals surface area (Å²) in [4.78, 5) is 12.6. The Kier molecular flexibility index (Phi) is 8.15. The Hall–Kier alpha value is -2.07. The first kappa shape index (κ1) is 22.6. The summed E-state index contributed by atoms with van der Waals surface area (Å²) < 4.78 is 5.17. The molecular weight excluding hydrogens is 491 g/mol. The maximum atomic E-state index is 5.17. The van der Waals surface area contributed by atoms with Gasteiger partial charge in [-0.3, -0.25) is 9.89 Å². The number of hydrogen-bond donors (Lipinski definition) is 2. The third-order valence-corrected chi connectivity index (χ3v) is 5.53. The zero-order valence-electron chi connectivity index (χ0n) is 17.7. The lowest BCUT2D eigenvalue weighted by molar-refractivity contribution is 0.169. The SMILES string of the molecule is CN=C(NCCCc1c[nH]c2ccccc12)N1CCN(Cc2cc(C)on2)CC1.I. The smallest absolute Gasteiger partial charge is 0.193 e. The average molecular weight is 522 g/mol. The van der Waals surface area contributed by atoms with Crippen LogP contribution in [0.25, 0.3) is 10.9 Å². The van der Waals surface area contributed by atoms with Gasteiger partial charge in [0.25, 0.3) is 0 Å². The topological polar surface area (TPSA) is 72.7 Å². The molecule has 0 radical (unpaired) electrons. The second kappa shape index (κ2) is 10.8. The second-order valence-corrected chi connectivity index (χ2v) is 7.63. The van der Waals surface area contributed by atoms with Crippen molar-refractivity contribution in [3.05, 3.63) is 53.5 Å². The number of piperazine rings is 1. The number of nitrogens with one attached hydrogen (secondary N) is 2. The number of aromatic amines is 1. The molecule has 0 spiro atoms. The quantitative estimate of drug-likeness (QED) is 0.225. The van der Waals surface area contributed by atoms with Crippen molar-refractivity contribution in [3.63, 3.8) is 0 Å². The van der Waals surface area contributed by atoms with Gasteiger partial charge in [-0.15, -0.1) is 24.0 Å². The molecule has 2 aromatic heterocycles. The molecule has 1 fully saturated rings.